The van der Waals surface area contributed by atoms with Crippen molar-refractivity contribution in [1.29, 1.82) is 0 Å². The fraction of sp³-hybridized carbons (Fsp3) is 0.0870. The number of hydrogen-bond donors (Lipinski definition) is 1. The molecule has 0 amide bonds. The van der Waals surface area contributed by atoms with Gasteiger partial charge in [-0.25, -0.2) is 4.57 Å². The molecule has 0 aliphatic carbocycles. The van der Waals surface area contributed by atoms with Crippen molar-refractivity contribution in [2.24, 2.45) is 7.05 Å². The fourth-order valence-corrected chi connectivity index (χ4v) is 4.66. The Kier molecular flexibility index (Phi) is 2.37. The lowest BCUT2D eigenvalue weighted by Gasteiger charge is -2.12. The highest BCUT2D eigenvalue weighted by Gasteiger charge is 2.24. The number of fused-ring (bicyclic) bond motifs is 5. The molecule has 0 unspecified atom stereocenters. The average molecular weight is 337 g/mol. The summed E-state index contributed by atoms with van der Waals surface area (Å²) in [5, 5.41) is 16.7. The van der Waals surface area contributed by atoms with Crippen LogP contribution in [0.5, 0.6) is 5.75 Å². The molecule has 0 radical (unpaired) electrons. The minimum absolute atomic E-state index is 0.322. The minimum atomic E-state index is 0.322. The third-order valence-electron chi connectivity index (χ3n) is 5.76. The first-order chi connectivity index (χ1) is 12.7. The molecule has 0 fully saturated rings. The summed E-state index contributed by atoms with van der Waals surface area (Å²) in [7, 11) is 2.11. The number of pyridine rings is 2. The van der Waals surface area contributed by atoms with Crippen LogP contribution in [0.15, 0.2) is 60.8 Å². The van der Waals surface area contributed by atoms with Gasteiger partial charge in [-0.2, -0.15) is 0 Å². The Morgan fingerprint density at radius 3 is 2.54 bits per heavy atom. The van der Waals surface area contributed by atoms with Crippen molar-refractivity contribution >= 4 is 49.0 Å². The molecule has 0 aliphatic rings. The fourth-order valence-electron chi connectivity index (χ4n) is 4.66. The highest BCUT2D eigenvalue weighted by Crippen LogP contribution is 2.42. The number of para-hydroxylation sites is 1. The predicted octanol–water partition coefficient (Wildman–Crippen LogP) is 4.83. The van der Waals surface area contributed by atoms with Crippen molar-refractivity contribution in [1.82, 2.24) is 4.40 Å². The summed E-state index contributed by atoms with van der Waals surface area (Å²) in [5.41, 5.74) is 5.70. The van der Waals surface area contributed by atoms with E-state index < -0.39 is 0 Å². The van der Waals surface area contributed by atoms with Crippen LogP contribution in [-0.2, 0) is 7.05 Å². The monoisotopic (exact) mass is 337 g/mol. The lowest BCUT2D eigenvalue weighted by Crippen LogP contribution is -2.28. The quantitative estimate of drug-likeness (QED) is 0.240. The lowest BCUT2D eigenvalue weighted by atomic mass is 10.00. The number of hydrogen-bond acceptors (Lipinski definition) is 1. The molecule has 0 aliphatic heterocycles. The number of rotatable bonds is 0. The van der Waals surface area contributed by atoms with Gasteiger partial charge in [0, 0.05) is 16.8 Å². The molecule has 0 spiro atoms. The van der Waals surface area contributed by atoms with Crippen LogP contribution in [0.25, 0.3) is 49.0 Å². The number of aromatic hydroxyl groups is 1. The summed E-state index contributed by atoms with van der Waals surface area (Å²) in [6.45, 7) is 2.17. The maximum Gasteiger partial charge on any atom is 0.224 e. The van der Waals surface area contributed by atoms with E-state index in [-0.39, 0.29) is 0 Å². The van der Waals surface area contributed by atoms with Crippen LogP contribution in [-0.4, -0.2) is 9.51 Å². The average Bonchev–Trinajstić information content (AvgIpc) is 2.99. The van der Waals surface area contributed by atoms with E-state index in [0.29, 0.717) is 5.75 Å². The van der Waals surface area contributed by atoms with Crippen molar-refractivity contribution in [2.75, 3.05) is 0 Å². The standard InChI is InChI=1S/C23H16N2O/c1-13-9-10-16-15-6-4-8-18(26)21(15)25-17-7-3-5-14-11-12-24(2)23(20(14)17)19(13)22(16)25/h3-12H,1-2H3/p+1. The van der Waals surface area contributed by atoms with Crippen molar-refractivity contribution in [3.05, 3.63) is 66.4 Å². The Morgan fingerprint density at radius 2 is 1.65 bits per heavy atom. The van der Waals surface area contributed by atoms with Gasteiger partial charge in [-0.15, -0.1) is 0 Å². The van der Waals surface area contributed by atoms with Gasteiger partial charge < -0.3 is 9.51 Å². The van der Waals surface area contributed by atoms with E-state index in [9.17, 15) is 5.11 Å². The SMILES string of the molecule is Cc1ccc2c3cccc(O)c3n3c4cccc5cc[n+](C)c(c1c23)c54. The maximum atomic E-state index is 10.7. The second-order valence-corrected chi connectivity index (χ2v) is 7.18. The highest BCUT2D eigenvalue weighted by atomic mass is 16.3. The Labute approximate surface area is 149 Å². The first kappa shape index (κ1) is 13.9. The van der Waals surface area contributed by atoms with Crippen molar-refractivity contribution in [3.63, 3.8) is 0 Å². The molecule has 0 bridgehead atoms. The molecule has 3 aromatic carbocycles. The lowest BCUT2D eigenvalue weighted by molar-refractivity contribution is -0.643. The van der Waals surface area contributed by atoms with E-state index in [1.807, 2.05) is 6.07 Å². The molecular formula is C23H17N2O+. The van der Waals surface area contributed by atoms with Crippen LogP contribution in [0.1, 0.15) is 5.56 Å². The maximum absolute atomic E-state index is 10.7. The van der Waals surface area contributed by atoms with Gasteiger partial charge in [0.25, 0.3) is 0 Å². The number of aromatic nitrogens is 2. The van der Waals surface area contributed by atoms with Gasteiger partial charge in [0.1, 0.15) is 12.8 Å². The van der Waals surface area contributed by atoms with E-state index >= 15 is 0 Å². The van der Waals surface area contributed by atoms with E-state index in [0.717, 1.165) is 16.4 Å². The van der Waals surface area contributed by atoms with E-state index in [2.05, 4.69) is 71.6 Å². The van der Waals surface area contributed by atoms with Gasteiger partial charge in [0.05, 0.1) is 27.3 Å². The van der Waals surface area contributed by atoms with Gasteiger partial charge in [0.15, 0.2) is 6.20 Å². The van der Waals surface area contributed by atoms with Crippen LogP contribution in [0.4, 0.5) is 0 Å². The van der Waals surface area contributed by atoms with E-state index in [1.54, 1.807) is 6.07 Å². The first-order valence-corrected chi connectivity index (χ1v) is 8.84. The van der Waals surface area contributed by atoms with Gasteiger partial charge in [-0.1, -0.05) is 36.4 Å². The van der Waals surface area contributed by atoms with Crippen LogP contribution in [0.2, 0.25) is 0 Å². The van der Waals surface area contributed by atoms with Crippen LogP contribution < -0.4 is 4.57 Å². The van der Waals surface area contributed by atoms with Crippen molar-refractivity contribution < 1.29 is 9.67 Å². The zero-order valence-corrected chi connectivity index (χ0v) is 14.6. The molecular weight excluding hydrogens is 320 g/mol. The molecule has 0 saturated heterocycles. The zero-order chi connectivity index (χ0) is 17.6. The zero-order valence-electron chi connectivity index (χ0n) is 14.6. The predicted molar refractivity (Wildman–Crippen MR) is 106 cm³/mol. The molecule has 3 heterocycles. The molecule has 1 N–H and O–H groups in total. The van der Waals surface area contributed by atoms with Gasteiger partial charge in [0.2, 0.25) is 5.52 Å². The minimum Gasteiger partial charge on any atom is -0.506 e. The van der Waals surface area contributed by atoms with Gasteiger partial charge in [-0.3, -0.25) is 0 Å². The van der Waals surface area contributed by atoms with Crippen LogP contribution in [0.3, 0.4) is 0 Å². The topological polar surface area (TPSA) is 28.5 Å². The highest BCUT2D eigenvalue weighted by molar-refractivity contribution is 6.26. The van der Waals surface area contributed by atoms with Crippen molar-refractivity contribution in [3.8, 4) is 5.75 Å². The summed E-state index contributed by atoms with van der Waals surface area (Å²) in [6, 6.07) is 18.7. The number of phenols is 1. The third-order valence-corrected chi connectivity index (χ3v) is 5.76. The summed E-state index contributed by atoms with van der Waals surface area (Å²) >= 11 is 0. The molecule has 26 heavy (non-hydrogen) atoms. The molecule has 0 atom stereocenters. The molecule has 0 saturated carbocycles. The second-order valence-electron chi connectivity index (χ2n) is 7.18. The number of phenolic OH excluding ortho intramolecular Hbond substituents is 1. The molecule has 3 nitrogen and oxygen atoms in total. The Morgan fingerprint density at radius 1 is 0.846 bits per heavy atom. The summed E-state index contributed by atoms with van der Waals surface area (Å²) in [6.07, 6.45) is 2.13. The summed E-state index contributed by atoms with van der Waals surface area (Å²) in [5.74, 6) is 0.322. The van der Waals surface area contributed by atoms with E-state index in [4.69, 9.17) is 0 Å². The van der Waals surface area contributed by atoms with Gasteiger partial charge >= 0.3 is 0 Å². The Hall–Kier alpha value is -3.33. The molecule has 3 aromatic heterocycles. The molecule has 6 rings (SSSR count). The third kappa shape index (κ3) is 1.43. The molecule has 3 heteroatoms. The number of benzene rings is 3. The number of nitrogens with zero attached hydrogens (tertiary/aromatic N) is 2. The molecule has 124 valence electrons. The van der Waals surface area contributed by atoms with Crippen molar-refractivity contribution in [2.45, 2.75) is 6.92 Å². The van der Waals surface area contributed by atoms with E-state index in [1.165, 1.54) is 38.1 Å². The van der Waals surface area contributed by atoms with Crippen LogP contribution >= 0.6 is 0 Å². The Bertz CT molecular complexity index is 1510. The van der Waals surface area contributed by atoms with Gasteiger partial charge in [-0.05, 0) is 30.0 Å². The number of aryl methyl sites for hydroxylation is 2. The normalized spacial score (nSPS) is 12.4. The summed E-state index contributed by atoms with van der Waals surface area (Å²) in [4.78, 5) is 0. The molecule has 6 aromatic rings. The van der Waals surface area contributed by atoms with Crippen LogP contribution in [0, 0.1) is 6.92 Å². The second kappa shape index (κ2) is 4.44. The Balaban J connectivity index is 2.18. The smallest absolute Gasteiger partial charge is 0.224 e. The first-order valence-electron chi connectivity index (χ1n) is 8.84. The largest absolute Gasteiger partial charge is 0.506 e. The summed E-state index contributed by atoms with van der Waals surface area (Å²) < 4.78 is 4.46.